The molecule has 3 heteroatoms. The molecule has 0 aliphatic heterocycles. The molecule has 0 aliphatic rings. The van der Waals surface area contributed by atoms with Gasteiger partial charge in [-0.25, -0.2) is 4.98 Å². The van der Waals surface area contributed by atoms with Crippen LogP contribution in [-0.2, 0) is 6.54 Å². The number of aryl methyl sites for hydroxylation is 1. The summed E-state index contributed by atoms with van der Waals surface area (Å²) < 4.78 is 2.30. The van der Waals surface area contributed by atoms with E-state index in [4.69, 9.17) is 0 Å². The molecule has 2 aromatic rings. The average molecular weight is 217 g/mol. The lowest BCUT2D eigenvalue weighted by Gasteiger charge is -2.12. The first-order valence-electron chi connectivity index (χ1n) is 5.75. The molecule has 0 saturated carbocycles. The Balaban J connectivity index is 2.65. The van der Waals surface area contributed by atoms with Crippen molar-refractivity contribution in [3.8, 4) is 0 Å². The molecule has 0 unspecified atom stereocenters. The highest BCUT2D eigenvalue weighted by Gasteiger charge is 2.12. The Kier molecular flexibility index (Phi) is 2.97. The minimum atomic E-state index is 0.441. The summed E-state index contributed by atoms with van der Waals surface area (Å²) in [5.74, 6) is 1.11. The second-order valence-corrected chi connectivity index (χ2v) is 4.51. The van der Waals surface area contributed by atoms with Gasteiger partial charge in [0.15, 0.2) is 0 Å². The monoisotopic (exact) mass is 217 g/mol. The van der Waals surface area contributed by atoms with Gasteiger partial charge in [0, 0.05) is 6.04 Å². The van der Waals surface area contributed by atoms with Crippen molar-refractivity contribution in [3.63, 3.8) is 0 Å². The van der Waals surface area contributed by atoms with Gasteiger partial charge < -0.3 is 9.88 Å². The summed E-state index contributed by atoms with van der Waals surface area (Å²) >= 11 is 0. The predicted octanol–water partition coefficient (Wildman–Crippen LogP) is 2.65. The number of imidazole rings is 1. The third kappa shape index (κ3) is 1.83. The van der Waals surface area contributed by atoms with Crippen molar-refractivity contribution in [2.45, 2.75) is 33.4 Å². The first-order valence-corrected chi connectivity index (χ1v) is 5.75. The van der Waals surface area contributed by atoms with Crippen LogP contribution in [0.4, 0.5) is 0 Å². The van der Waals surface area contributed by atoms with Crippen molar-refractivity contribution in [1.29, 1.82) is 0 Å². The molecule has 0 amide bonds. The molecule has 2 rings (SSSR count). The fourth-order valence-corrected chi connectivity index (χ4v) is 2.12. The van der Waals surface area contributed by atoms with Crippen molar-refractivity contribution in [2.24, 2.45) is 0 Å². The van der Waals surface area contributed by atoms with Crippen LogP contribution in [-0.4, -0.2) is 16.6 Å². The van der Waals surface area contributed by atoms with Crippen LogP contribution >= 0.6 is 0 Å². The zero-order chi connectivity index (χ0) is 11.7. The quantitative estimate of drug-likeness (QED) is 0.856. The normalized spacial score (nSPS) is 11.6. The molecule has 0 radical (unpaired) electrons. The van der Waals surface area contributed by atoms with Crippen LogP contribution in [0.1, 0.15) is 31.3 Å². The van der Waals surface area contributed by atoms with Crippen LogP contribution in [0.3, 0.4) is 0 Å². The maximum Gasteiger partial charge on any atom is 0.124 e. The van der Waals surface area contributed by atoms with E-state index in [1.54, 1.807) is 0 Å². The molecule has 1 aromatic carbocycles. The van der Waals surface area contributed by atoms with Crippen molar-refractivity contribution >= 4 is 11.0 Å². The largest absolute Gasteiger partial charge is 0.324 e. The minimum absolute atomic E-state index is 0.441. The second-order valence-electron chi connectivity index (χ2n) is 4.51. The molecule has 1 aromatic heterocycles. The SMILES string of the molecule is CNCc1nc2cc(C)ccc2n1C(C)C. The van der Waals surface area contributed by atoms with Gasteiger partial charge in [0.05, 0.1) is 17.6 Å². The minimum Gasteiger partial charge on any atom is -0.324 e. The summed E-state index contributed by atoms with van der Waals surface area (Å²) in [5.41, 5.74) is 3.58. The van der Waals surface area contributed by atoms with Crippen LogP contribution in [0.15, 0.2) is 18.2 Å². The van der Waals surface area contributed by atoms with Gasteiger partial charge >= 0.3 is 0 Å². The van der Waals surface area contributed by atoms with Gasteiger partial charge in [0.25, 0.3) is 0 Å². The third-order valence-electron chi connectivity index (χ3n) is 2.77. The van der Waals surface area contributed by atoms with Gasteiger partial charge in [0.2, 0.25) is 0 Å². The lowest BCUT2D eigenvalue weighted by molar-refractivity contribution is 0.570. The number of hydrogen-bond donors (Lipinski definition) is 1. The summed E-state index contributed by atoms with van der Waals surface area (Å²) in [5, 5.41) is 3.17. The molecule has 0 aliphatic carbocycles. The van der Waals surface area contributed by atoms with E-state index in [2.05, 4.69) is 53.8 Å². The molecule has 1 N–H and O–H groups in total. The van der Waals surface area contributed by atoms with E-state index in [-0.39, 0.29) is 0 Å². The summed E-state index contributed by atoms with van der Waals surface area (Å²) in [6, 6.07) is 6.90. The summed E-state index contributed by atoms with van der Waals surface area (Å²) in [7, 11) is 1.95. The first-order chi connectivity index (χ1) is 7.63. The Hall–Kier alpha value is -1.35. The fourth-order valence-electron chi connectivity index (χ4n) is 2.12. The smallest absolute Gasteiger partial charge is 0.124 e. The molecule has 86 valence electrons. The maximum atomic E-state index is 4.68. The van der Waals surface area contributed by atoms with Crippen molar-refractivity contribution in [1.82, 2.24) is 14.9 Å². The highest BCUT2D eigenvalue weighted by atomic mass is 15.1. The topological polar surface area (TPSA) is 29.9 Å². The molecule has 0 saturated heterocycles. The van der Waals surface area contributed by atoms with E-state index in [1.165, 1.54) is 11.1 Å². The van der Waals surface area contributed by atoms with Crippen LogP contribution in [0.2, 0.25) is 0 Å². The number of hydrogen-bond acceptors (Lipinski definition) is 2. The van der Waals surface area contributed by atoms with Crippen molar-refractivity contribution in [3.05, 3.63) is 29.6 Å². The highest BCUT2D eigenvalue weighted by molar-refractivity contribution is 5.77. The second kappa shape index (κ2) is 4.26. The molecule has 16 heavy (non-hydrogen) atoms. The molecule has 1 heterocycles. The number of nitrogens with one attached hydrogen (secondary N) is 1. The Morgan fingerprint density at radius 1 is 1.38 bits per heavy atom. The Labute approximate surface area is 96.5 Å². The molecule has 0 atom stereocenters. The number of fused-ring (bicyclic) bond motifs is 1. The van der Waals surface area contributed by atoms with Gasteiger partial charge in [-0.1, -0.05) is 6.07 Å². The van der Waals surface area contributed by atoms with Crippen molar-refractivity contribution < 1.29 is 0 Å². The van der Waals surface area contributed by atoms with Gasteiger partial charge in [-0.05, 0) is 45.5 Å². The summed E-state index contributed by atoms with van der Waals surface area (Å²) in [6.07, 6.45) is 0. The highest BCUT2D eigenvalue weighted by Crippen LogP contribution is 2.21. The number of nitrogens with zero attached hydrogens (tertiary/aromatic N) is 2. The molecule has 3 nitrogen and oxygen atoms in total. The summed E-state index contributed by atoms with van der Waals surface area (Å²) in [4.78, 5) is 4.68. The van der Waals surface area contributed by atoms with Gasteiger partial charge in [-0.2, -0.15) is 0 Å². The van der Waals surface area contributed by atoms with E-state index < -0.39 is 0 Å². The maximum absolute atomic E-state index is 4.68. The molecular weight excluding hydrogens is 198 g/mol. The predicted molar refractivity (Wildman–Crippen MR) is 67.6 cm³/mol. The lowest BCUT2D eigenvalue weighted by atomic mass is 10.2. The Morgan fingerprint density at radius 2 is 2.12 bits per heavy atom. The van der Waals surface area contributed by atoms with Gasteiger partial charge in [-0.15, -0.1) is 0 Å². The molecular formula is C13H19N3. The average Bonchev–Trinajstić information content (AvgIpc) is 2.55. The van der Waals surface area contributed by atoms with E-state index >= 15 is 0 Å². The summed E-state index contributed by atoms with van der Waals surface area (Å²) in [6.45, 7) is 7.30. The van der Waals surface area contributed by atoms with E-state index in [0.717, 1.165) is 17.9 Å². The van der Waals surface area contributed by atoms with E-state index in [1.807, 2.05) is 7.05 Å². The number of aromatic nitrogens is 2. The van der Waals surface area contributed by atoms with Gasteiger partial charge in [0.1, 0.15) is 5.82 Å². The molecule has 0 spiro atoms. The lowest BCUT2D eigenvalue weighted by Crippen LogP contribution is -2.13. The van der Waals surface area contributed by atoms with Crippen LogP contribution in [0, 0.1) is 6.92 Å². The van der Waals surface area contributed by atoms with Crippen molar-refractivity contribution in [2.75, 3.05) is 7.05 Å². The van der Waals surface area contributed by atoms with Crippen LogP contribution in [0.5, 0.6) is 0 Å². The Morgan fingerprint density at radius 3 is 2.75 bits per heavy atom. The first kappa shape index (κ1) is 11.1. The fraction of sp³-hybridized carbons (Fsp3) is 0.462. The molecule has 0 bridgehead atoms. The number of benzene rings is 1. The third-order valence-corrected chi connectivity index (χ3v) is 2.77. The number of rotatable bonds is 3. The zero-order valence-corrected chi connectivity index (χ0v) is 10.4. The van der Waals surface area contributed by atoms with Gasteiger partial charge in [-0.3, -0.25) is 0 Å². The Bertz CT molecular complexity index is 497. The van der Waals surface area contributed by atoms with Crippen LogP contribution < -0.4 is 5.32 Å². The standard InChI is InChI=1S/C13H19N3/c1-9(2)16-12-6-5-10(3)7-11(12)15-13(16)8-14-4/h5-7,9,14H,8H2,1-4H3. The zero-order valence-electron chi connectivity index (χ0n) is 10.4. The van der Waals surface area contributed by atoms with E-state index in [0.29, 0.717) is 6.04 Å². The molecule has 0 fully saturated rings. The van der Waals surface area contributed by atoms with E-state index in [9.17, 15) is 0 Å². The van der Waals surface area contributed by atoms with Crippen LogP contribution in [0.25, 0.3) is 11.0 Å².